The van der Waals surface area contributed by atoms with E-state index in [2.05, 4.69) is 15.3 Å². The maximum absolute atomic E-state index is 5.01. The molecule has 0 aliphatic heterocycles. The van der Waals surface area contributed by atoms with Crippen LogP contribution in [-0.4, -0.2) is 23.6 Å². The van der Waals surface area contributed by atoms with E-state index in [0.29, 0.717) is 5.88 Å². The van der Waals surface area contributed by atoms with Crippen molar-refractivity contribution in [2.75, 3.05) is 13.7 Å². The fourth-order valence-corrected chi connectivity index (χ4v) is 2.06. The second kappa shape index (κ2) is 6.32. The standard InChI is InChI=1S/C12H15N3OS/c1-16-11-3-2-10(9-15-11)8-13-5-4-12-14-6-7-17-12/h2-3,6-7,9,13H,4-5,8H2,1H3. The van der Waals surface area contributed by atoms with Crippen molar-refractivity contribution in [3.05, 3.63) is 40.5 Å². The fourth-order valence-electron chi connectivity index (χ4n) is 1.44. The summed E-state index contributed by atoms with van der Waals surface area (Å²) in [5.74, 6) is 0.650. The highest BCUT2D eigenvalue weighted by Gasteiger charge is 1.97. The van der Waals surface area contributed by atoms with E-state index in [4.69, 9.17) is 4.74 Å². The Morgan fingerprint density at radius 3 is 2.94 bits per heavy atom. The number of nitrogens with one attached hydrogen (secondary N) is 1. The van der Waals surface area contributed by atoms with Gasteiger partial charge < -0.3 is 10.1 Å². The van der Waals surface area contributed by atoms with E-state index >= 15 is 0 Å². The molecule has 2 rings (SSSR count). The average Bonchev–Trinajstić information content (AvgIpc) is 2.88. The van der Waals surface area contributed by atoms with Crippen LogP contribution in [0.15, 0.2) is 29.9 Å². The van der Waals surface area contributed by atoms with Gasteiger partial charge in [0.05, 0.1) is 12.1 Å². The lowest BCUT2D eigenvalue weighted by Gasteiger charge is -2.04. The van der Waals surface area contributed by atoms with E-state index < -0.39 is 0 Å². The van der Waals surface area contributed by atoms with E-state index in [1.54, 1.807) is 18.4 Å². The number of nitrogens with zero attached hydrogens (tertiary/aromatic N) is 2. The minimum absolute atomic E-state index is 0.650. The summed E-state index contributed by atoms with van der Waals surface area (Å²) < 4.78 is 5.01. The van der Waals surface area contributed by atoms with Gasteiger partial charge in [0.2, 0.25) is 5.88 Å². The first-order valence-corrected chi connectivity index (χ1v) is 6.34. The molecule has 17 heavy (non-hydrogen) atoms. The Bertz CT molecular complexity index is 428. The van der Waals surface area contributed by atoms with Gasteiger partial charge in [0, 0.05) is 43.4 Å². The summed E-state index contributed by atoms with van der Waals surface area (Å²) >= 11 is 1.69. The minimum atomic E-state index is 0.650. The number of pyridine rings is 1. The van der Waals surface area contributed by atoms with Crippen molar-refractivity contribution in [2.24, 2.45) is 0 Å². The zero-order valence-electron chi connectivity index (χ0n) is 9.72. The summed E-state index contributed by atoms with van der Waals surface area (Å²) in [5.41, 5.74) is 1.16. The number of methoxy groups -OCH3 is 1. The Morgan fingerprint density at radius 2 is 2.29 bits per heavy atom. The first-order valence-electron chi connectivity index (χ1n) is 5.46. The van der Waals surface area contributed by atoms with Gasteiger partial charge in [-0.1, -0.05) is 6.07 Å². The number of hydrogen-bond acceptors (Lipinski definition) is 5. The summed E-state index contributed by atoms with van der Waals surface area (Å²) in [5, 5.41) is 6.54. The summed E-state index contributed by atoms with van der Waals surface area (Å²) in [6, 6.07) is 3.89. The van der Waals surface area contributed by atoms with Crippen molar-refractivity contribution in [2.45, 2.75) is 13.0 Å². The Balaban J connectivity index is 1.70. The van der Waals surface area contributed by atoms with Gasteiger partial charge in [-0.05, 0) is 5.56 Å². The molecule has 0 saturated carbocycles. The lowest BCUT2D eigenvalue weighted by Crippen LogP contribution is -2.16. The highest BCUT2D eigenvalue weighted by Crippen LogP contribution is 2.06. The number of rotatable bonds is 6. The van der Waals surface area contributed by atoms with Crippen LogP contribution in [-0.2, 0) is 13.0 Å². The molecule has 0 aliphatic rings. The molecule has 2 aromatic heterocycles. The molecular formula is C12H15N3OS. The molecule has 0 spiro atoms. The van der Waals surface area contributed by atoms with Crippen LogP contribution in [0, 0.1) is 0 Å². The lowest BCUT2D eigenvalue weighted by atomic mass is 10.3. The molecule has 0 saturated heterocycles. The molecular weight excluding hydrogens is 234 g/mol. The molecule has 90 valence electrons. The monoisotopic (exact) mass is 249 g/mol. The SMILES string of the molecule is COc1ccc(CNCCc2nccs2)cn1. The van der Waals surface area contributed by atoms with Gasteiger partial charge in [-0.3, -0.25) is 0 Å². The molecule has 2 heterocycles. The van der Waals surface area contributed by atoms with Crippen molar-refractivity contribution < 1.29 is 4.74 Å². The number of ether oxygens (including phenoxy) is 1. The van der Waals surface area contributed by atoms with Crippen LogP contribution in [0.4, 0.5) is 0 Å². The van der Waals surface area contributed by atoms with Crippen molar-refractivity contribution >= 4 is 11.3 Å². The van der Waals surface area contributed by atoms with E-state index in [-0.39, 0.29) is 0 Å². The third kappa shape index (κ3) is 3.80. The smallest absolute Gasteiger partial charge is 0.212 e. The summed E-state index contributed by atoms with van der Waals surface area (Å²) in [6.45, 7) is 1.75. The Morgan fingerprint density at radius 1 is 1.35 bits per heavy atom. The second-order valence-corrected chi connectivity index (χ2v) is 4.54. The lowest BCUT2D eigenvalue weighted by molar-refractivity contribution is 0.397. The first-order chi connectivity index (χ1) is 8.38. The topological polar surface area (TPSA) is 47.0 Å². The first kappa shape index (κ1) is 12.0. The van der Waals surface area contributed by atoms with Crippen LogP contribution in [0.25, 0.3) is 0 Å². The second-order valence-electron chi connectivity index (χ2n) is 3.56. The third-order valence-corrected chi connectivity index (χ3v) is 3.17. The zero-order valence-corrected chi connectivity index (χ0v) is 10.5. The van der Waals surface area contributed by atoms with Crippen LogP contribution < -0.4 is 10.1 Å². The zero-order chi connectivity index (χ0) is 11.9. The number of thiazole rings is 1. The molecule has 0 radical (unpaired) electrons. The summed E-state index contributed by atoms with van der Waals surface area (Å²) in [7, 11) is 1.62. The van der Waals surface area contributed by atoms with Gasteiger partial charge in [-0.25, -0.2) is 9.97 Å². The van der Waals surface area contributed by atoms with E-state index in [1.807, 2.05) is 29.9 Å². The van der Waals surface area contributed by atoms with Crippen LogP contribution in [0.2, 0.25) is 0 Å². The predicted octanol–water partition coefficient (Wildman–Crippen LogP) is 1.88. The minimum Gasteiger partial charge on any atom is -0.481 e. The largest absolute Gasteiger partial charge is 0.481 e. The maximum Gasteiger partial charge on any atom is 0.212 e. The van der Waals surface area contributed by atoms with Crippen molar-refractivity contribution in [3.8, 4) is 5.88 Å². The molecule has 5 heteroatoms. The normalized spacial score (nSPS) is 10.4. The molecule has 1 N–H and O–H groups in total. The Kier molecular flexibility index (Phi) is 4.46. The summed E-state index contributed by atoms with van der Waals surface area (Å²) in [4.78, 5) is 8.39. The highest BCUT2D eigenvalue weighted by molar-refractivity contribution is 7.09. The molecule has 4 nitrogen and oxygen atoms in total. The van der Waals surface area contributed by atoms with Crippen LogP contribution in [0.3, 0.4) is 0 Å². The van der Waals surface area contributed by atoms with Gasteiger partial charge in [0.1, 0.15) is 0 Å². The van der Waals surface area contributed by atoms with E-state index in [1.165, 1.54) is 5.01 Å². The molecule has 0 atom stereocenters. The van der Waals surface area contributed by atoms with Gasteiger partial charge in [-0.15, -0.1) is 11.3 Å². The fraction of sp³-hybridized carbons (Fsp3) is 0.333. The van der Waals surface area contributed by atoms with Gasteiger partial charge in [0.15, 0.2) is 0 Å². The van der Waals surface area contributed by atoms with Gasteiger partial charge in [-0.2, -0.15) is 0 Å². The van der Waals surface area contributed by atoms with Crippen LogP contribution >= 0.6 is 11.3 Å². The molecule has 0 aromatic carbocycles. The molecule has 0 unspecified atom stereocenters. The average molecular weight is 249 g/mol. The van der Waals surface area contributed by atoms with Crippen LogP contribution in [0.1, 0.15) is 10.6 Å². The molecule has 0 fully saturated rings. The van der Waals surface area contributed by atoms with Crippen molar-refractivity contribution in [1.29, 1.82) is 0 Å². The Hall–Kier alpha value is -1.46. The van der Waals surface area contributed by atoms with Gasteiger partial charge in [0.25, 0.3) is 0 Å². The van der Waals surface area contributed by atoms with E-state index in [0.717, 1.165) is 25.1 Å². The number of hydrogen-bond donors (Lipinski definition) is 1. The van der Waals surface area contributed by atoms with Crippen molar-refractivity contribution in [1.82, 2.24) is 15.3 Å². The Labute approximate surface area is 105 Å². The van der Waals surface area contributed by atoms with Gasteiger partial charge >= 0.3 is 0 Å². The molecule has 0 aliphatic carbocycles. The quantitative estimate of drug-likeness (QED) is 0.794. The third-order valence-electron chi connectivity index (χ3n) is 2.33. The molecule has 2 aromatic rings. The highest BCUT2D eigenvalue weighted by atomic mass is 32.1. The van der Waals surface area contributed by atoms with Crippen LogP contribution in [0.5, 0.6) is 5.88 Å². The summed E-state index contributed by atoms with van der Waals surface area (Å²) in [6.07, 6.45) is 4.64. The predicted molar refractivity (Wildman–Crippen MR) is 68.3 cm³/mol. The maximum atomic E-state index is 5.01. The molecule has 0 amide bonds. The van der Waals surface area contributed by atoms with Crippen molar-refractivity contribution in [3.63, 3.8) is 0 Å². The van der Waals surface area contributed by atoms with E-state index in [9.17, 15) is 0 Å². The molecule has 0 bridgehead atoms. The number of aromatic nitrogens is 2.